The monoisotopic (exact) mass is 306 g/mol. The van der Waals surface area contributed by atoms with E-state index < -0.39 is 0 Å². The first-order valence-electron chi connectivity index (χ1n) is 5.52. The quantitative estimate of drug-likeness (QED) is 0.634. The molecule has 0 heterocycles. The average Bonchev–Trinajstić information content (AvgIpc) is 2.95. The van der Waals surface area contributed by atoms with Crippen molar-refractivity contribution in [2.45, 2.75) is 19.3 Å². The van der Waals surface area contributed by atoms with Gasteiger partial charge in [0.05, 0.1) is 22.5 Å². The molecule has 1 saturated carbocycles. The lowest BCUT2D eigenvalue weighted by molar-refractivity contribution is 0.239. The van der Waals surface area contributed by atoms with Gasteiger partial charge in [-0.05, 0) is 25.0 Å². The molecule has 6 heteroatoms. The lowest BCUT2D eigenvalue weighted by Gasteiger charge is -2.17. The van der Waals surface area contributed by atoms with E-state index in [2.05, 4.69) is 0 Å². The lowest BCUT2D eigenvalue weighted by atomic mass is 10.0. The minimum absolute atomic E-state index is 0.0157. The van der Waals surface area contributed by atoms with Crippen molar-refractivity contribution in [3.63, 3.8) is 0 Å². The van der Waals surface area contributed by atoms with Crippen LogP contribution in [0.2, 0.25) is 15.1 Å². The molecule has 1 aromatic carbocycles. The number of benzene rings is 1. The largest absolute Gasteiger partial charge is 0.490 e. The zero-order valence-electron chi connectivity index (χ0n) is 9.60. The summed E-state index contributed by atoms with van der Waals surface area (Å²) in [6.07, 6.45) is 2.57. The predicted molar refractivity (Wildman–Crippen MR) is 75.2 cm³/mol. The third-order valence-corrected chi connectivity index (χ3v) is 3.79. The van der Waals surface area contributed by atoms with Crippen molar-refractivity contribution in [1.82, 2.24) is 0 Å². The minimum atomic E-state index is -0.0157. The Morgan fingerprint density at radius 1 is 1.28 bits per heavy atom. The molecule has 18 heavy (non-hydrogen) atoms. The van der Waals surface area contributed by atoms with Crippen LogP contribution in [0.15, 0.2) is 12.1 Å². The van der Waals surface area contributed by atoms with Crippen molar-refractivity contribution < 1.29 is 4.74 Å². The Hall–Kier alpha value is -0.640. The molecule has 2 rings (SSSR count). The molecule has 0 bridgehead atoms. The van der Waals surface area contributed by atoms with E-state index >= 15 is 0 Å². The molecule has 0 atom stereocenters. The fourth-order valence-electron chi connectivity index (χ4n) is 1.85. The van der Waals surface area contributed by atoms with Gasteiger partial charge in [-0.25, -0.2) is 0 Å². The van der Waals surface area contributed by atoms with Crippen molar-refractivity contribution in [3.8, 4) is 5.75 Å². The first-order valence-corrected chi connectivity index (χ1v) is 6.65. The van der Waals surface area contributed by atoms with Crippen LogP contribution in [-0.2, 0) is 0 Å². The molecule has 3 N–H and O–H groups in total. The smallest absolute Gasteiger partial charge is 0.156 e. The summed E-state index contributed by atoms with van der Waals surface area (Å²) in [7, 11) is 0. The van der Waals surface area contributed by atoms with Gasteiger partial charge in [-0.1, -0.05) is 34.8 Å². The molecule has 1 fully saturated rings. The van der Waals surface area contributed by atoms with Gasteiger partial charge >= 0.3 is 0 Å². The van der Waals surface area contributed by atoms with Gasteiger partial charge in [-0.3, -0.25) is 5.41 Å². The topological polar surface area (TPSA) is 59.1 Å². The molecule has 0 aliphatic heterocycles. The second kappa shape index (κ2) is 5.16. The summed E-state index contributed by atoms with van der Waals surface area (Å²) in [5.41, 5.74) is 5.41. The van der Waals surface area contributed by atoms with E-state index in [1.807, 2.05) is 0 Å². The predicted octanol–water partition coefficient (Wildman–Crippen LogP) is 4.13. The third-order valence-electron chi connectivity index (χ3n) is 3.01. The average molecular weight is 308 g/mol. The molecule has 3 nitrogen and oxygen atoms in total. The van der Waals surface area contributed by atoms with Gasteiger partial charge in [0, 0.05) is 16.9 Å². The fraction of sp³-hybridized carbons (Fsp3) is 0.417. The van der Waals surface area contributed by atoms with Gasteiger partial charge in [0.1, 0.15) is 0 Å². The molecule has 1 aromatic rings. The van der Waals surface area contributed by atoms with Crippen LogP contribution in [0.5, 0.6) is 5.75 Å². The Bertz CT molecular complexity index is 463. The molecule has 0 unspecified atom stereocenters. The summed E-state index contributed by atoms with van der Waals surface area (Å²) in [6.45, 7) is 0.466. The highest BCUT2D eigenvalue weighted by molar-refractivity contribution is 6.40. The maximum absolute atomic E-state index is 7.34. The number of rotatable bonds is 5. The minimum Gasteiger partial charge on any atom is -0.490 e. The summed E-state index contributed by atoms with van der Waals surface area (Å²) >= 11 is 17.9. The Balaban J connectivity index is 2.05. The van der Waals surface area contributed by atoms with Gasteiger partial charge in [-0.15, -0.1) is 0 Å². The second-order valence-corrected chi connectivity index (χ2v) is 5.94. The third kappa shape index (κ3) is 3.22. The van der Waals surface area contributed by atoms with E-state index in [4.69, 9.17) is 50.7 Å². The molecule has 1 aliphatic rings. The number of hydrogen-bond acceptors (Lipinski definition) is 2. The van der Waals surface area contributed by atoms with Crippen LogP contribution in [0.25, 0.3) is 0 Å². The number of nitrogens with one attached hydrogen (secondary N) is 1. The molecule has 98 valence electrons. The molecule has 1 aliphatic carbocycles. The highest BCUT2D eigenvalue weighted by Crippen LogP contribution is 2.49. The fourth-order valence-corrected chi connectivity index (χ4v) is 2.77. The Labute approximate surface area is 121 Å². The first-order chi connectivity index (χ1) is 8.42. The maximum atomic E-state index is 7.34. The van der Waals surface area contributed by atoms with Crippen LogP contribution in [0.1, 0.15) is 19.3 Å². The molecule has 0 spiro atoms. The summed E-state index contributed by atoms with van der Waals surface area (Å²) in [6, 6.07) is 3.18. The van der Waals surface area contributed by atoms with Gasteiger partial charge in [0.15, 0.2) is 5.75 Å². The van der Waals surface area contributed by atoms with Crippen molar-refractivity contribution in [2.24, 2.45) is 11.1 Å². The second-order valence-electron chi connectivity index (χ2n) is 4.69. The van der Waals surface area contributed by atoms with E-state index in [1.165, 1.54) is 0 Å². The number of amidine groups is 1. The van der Waals surface area contributed by atoms with E-state index in [0.29, 0.717) is 33.8 Å². The van der Waals surface area contributed by atoms with Crippen LogP contribution in [0.3, 0.4) is 0 Å². The SMILES string of the molecule is N=C(N)CC1(COc2c(Cl)cc(Cl)cc2Cl)CC1. The van der Waals surface area contributed by atoms with Crippen molar-refractivity contribution in [1.29, 1.82) is 5.41 Å². The van der Waals surface area contributed by atoms with Crippen molar-refractivity contribution >= 4 is 40.6 Å². The number of hydrogen-bond donors (Lipinski definition) is 2. The number of nitrogens with two attached hydrogens (primary N) is 1. The molecule has 0 aromatic heterocycles. The van der Waals surface area contributed by atoms with Crippen LogP contribution in [0.4, 0.5) is 0 Å². The first kappa shape index (κ1) is 13.8. The highest BCUT2D eigenvalue weighted by atomic mass is 35.5. The molecule has 0 saturated heterocycles. The molecule has 0 amide bonds. The van der Waals surface area contributed by atoms with Crippen molar-refractivity contribution in [3.05, 3.63) is 27.2 Å². The lowest BCUT2D eigenvalue weighted by Crippen LogP contribution is -2.21. The zero-order chi connectivity index (χ0) is 13.3. The summed E-state index contributed by atoms with van der Waals surface area (Å²) < 4.78 is 5.68. The van der Waals surface area contributed by atoms with Gasteiger partial charge in [0.25, 0.3) is 0 Å². The van der Waals surface area contributed by atoms with Crippen LogP contribution < -0.4 is 10.5 Å². The normalized spacial score (nSPS) is 16.4. The van der Waals surface area contributed by atoms with Crippen LogP contribution >= 0.6 is 34.8 Å². The number of halogens is 3. The van der Waals surface area contributed by atoms with E-state index in [-0.39, 0.29) is 11.3 Å². The van der Waals surface area contributed by atoms with E-state index in [9.17, 15) is 0 Å². The van der Waals surface area contributed by atoms with Gasteiger partial charge in [0.2, 0.25) is 0 Å². The standard InChI is InChI=1S/C12H13Cl3N2O/c13-7-3-8(14)11(9(15)4-7)18-6-12(1-2-12)5-10(16)17/h3-4H,1-2,5-6H2,(H3,16,17). The number of ether oxygens (including phenoxy) is 1. The Kier molecular flexibility index (Phi) is 3.95. The molecular weight excluding hydrogens is 295 g/mol. The van der Waals surface area contributed by atoms with Crippen molar-refractivity contribution in [2.75, 3.05) is 6.61 Å². The van der Waals surface area contributed by atoms with E-state index in [0.717, 1.165) is 12.8 Å². The highest BCUT2D eigenvalue weighted by Gasteiger charge is 2.44. The molecular formula is C12H13Cl3N2O. The summed E-state index contributed by atoms with van der Waals surface area (Å²) in [5, 5.41) is 8.60. The van der Waals surface area contributed by atoms with Crippen LogP contribution in [-0.4, -0.2) is 12.4 Å². The van der Waals surface area contributed by atoms with Gasteiger partial charge in [-0.2, -0.15) is 0 Å². The summed E-state index contributed by atoms with van der Waals surface area (Å²) in [4.78, 5) is 0. The molecule has 0 radical (unpaired) electrons. The van der Waals surface area contributed by atoms with Crippen LogP contribution in [0, 0.1) is 10.8 Å². The Morgan fingerprint density at radius 2 is 1.83 bits per heavy atom. The van der Waals surface area contributed by atoms with Gasteiger partial charge < -0.3 is 10.5 Å². The maximum Gasteiger partial charge on any atom is 0.156 e. The zero-order valence-corrected chi connectivity index (χ0v) is 11.9. The van der Waals surface area contributed by atoms with E-state index in [1.54, 1.807) is 12.1 Å². The summed E-state index contributed by atoms with van der Waals surface area (Å²) in [5.74, 6) is 0.627. The Morgan fingerprint density at radius 3 is 2.28 bits per heavy atom.